The second-order valence-corrected chi connectivity index (χ2v) is 14.2. The zero-order valence-electron chi connectivity index (χ0n) is 11.5. The Labute approximate surface area is 116 Å². The fraction of sp³-hybridized carbons (Fsp3) is 1.00. The minimum atomic E-state index is -1.22. The van der Waals surface area contributed by atoms with Crippen LogP contribution in [0, 0.1) is 5.92 Å². The largest absolute Gasteiger partial charge is 0.296 e. The van der Waals surface area contributed by atoms with Gasteiger partial charge in [0.15, 0.2) is 0 Å². The van der Waals surface area contributed by atoms with Gasteiger partial charge in [-0.05, 0) is 38.1 Å². The van der Waals surface area contributed by atoms with Crippen LogP contribution in [-0.2, 0) is 11.8 Å². The van der Waals surface area contributed by atoms with E-state index in [4.69, 9.17) is 11.8 Å². The van der Waals surface area contributed by atoms with Gasteiger partial charge in [0.05, 0.1) is 11.2 Å². The normalized spacial score (nSPS) is 33.5. The van der Waals surface area contributed by atoms with E-state index in [1.165, 1.54) is 32.1 Å². The summed E-state index contributed by atoms with van der Waals surface area (Å²) in [4.78, 5) is 0. The van der Waals surface area contributed by atoms with Crippen molar-refractivity contribution in [2.24, 2.45) is 5.92 Å². The Bertz CT molecular complexity index is 317. The molecule has 1 heterocycles. The summed E-state index contributed by atoms with van der Waals surface area (Å²) < 4.78 is 0.478. The van der Waals surface area contributed by atoms with Gasteiger partial charge in [-0.15, -0.1) is 11.8 Å². The molecule has 1 nitrogen and oxygen atoms in total. The summed E-state index contributed by atoms with van der Waals surface area (Å²) in [6, 6.07) is -1.22. The average Bonchev–Trinajstić information content (AvgIpc) is 2.58. The van der Waals surface area contributed by atoms with Gasteiger partial charge in [0.1, 0.15) is 0 Å². The monoisotopic (exact) mass is 291 g/mol. The Kier molecular flexibility index (Phi) is 4.35. The van der Waals surface area contributed by atoms with Crippen molar-refractivity contribution in [1.29, 1.82) is 0 Å². The van der Waals surface area contributed by atoms with Crippen molar-refractivity contribution in [3.8, 4) is 0 Å². The fourth-order valence-corrected chi connectivity index (χ4v) is 8.95. The van der Waals surface area contributed by atoms with Gasteiger partial charge in [-0.2, -0.15) is 0 Å². The van der Waals surface area contributed by atoms with Gasteiger partial charge >= 0.3 is 0 Å². The molecule has 1 spiro atoms. The van der Waals surface area contributed by atoms with E-state index in [1.807, 2.05) is 0 Å². The first-order valence-corrected chi connectivity index (χ1v) is 11.5. The highest BCUT2D eigenvalue weighted by atomic mass is 32.4. The van der Waals surface area contributed by atoms with Crippen molar-refractivity contribution in [3.05, 3.63) is 0 Å². The second-order valence-electron chi connectivity index (χ2n) is 6.41. The minimum absolute atomic E-state index is 0.478. The molecule has 1 aliphatic carbocycles. The van der Waals surface area contributed by atoms with Gasteiger partial charge in [0, 0.05) is 4.75 Å². The maximum absolute atomic E-state index is 5.87. The van der Waals surface area contributed by atoms with E-state index in [2.05, 4.69) is 44.3 Å². The zero-order chi connectivity index (χ0) is 12.7. The first-order chi connectivity index (χ1) is 7.85. The van der Waals surface area contributed by atoms with E-state index in [9.17, 15) is 0 Å². The molecular formula is C13H26NPS2. The average molecular weight is 291 g/mol. The molecule has 0 amide bonds. The summed E-state index contributed by atoms with van der Waals surface area (Å²) in [5, 5.41) is 4.52. The van der Waals surface area contributed by atoms with Gasteiger partial charge in [0.25, 0.3) is 0 Å². The third kappa shape index (κ3) is 2.94. The fourth-order valence-electron chi connectivity index (χ4n) is 3.27. The van der Waals surface area contributed by atoms with Crippen molar-refractivity contribution >= 4 is 29.6 Å². The molecule has 0 radical (unpaired) electrons. The molecule has 0 aromatic rings. The summed E-state index contributed by atoms with van der Waals surface area (Å²) >= 11 is 8.10. The van der Waals surface area contributed by atoms with E-state index in [0.29, 0.717) is 21.8 Å². The van der Waals surface area contributed by atoms with Crippen molar-refractivity contribution in [2.75, 3.05) is 13.3 Å². The molecule has 17 heavy (non-hydrogen) atoms. The van der Waals surface area contributed by atoms with Crippen LogP contribution >= 0.6 is 17.8 Å². The predicted molar refractivity (Wildman–Crippen MR) is 85.1 cm³/mol. The van der Waals surface area contributed by atoms with Gasteiger partial charge in [0.2, 0.25) is 0 Å². The van der Waals surface area contributed by atoms with Crippen LogP contribution in [0.5, 0.6) is 0 Å². The van der Waals surface area contributed by atoms with E-state index >= 15 is 0 Å². The number of hydrogen-bond donors (Lipinski definition) is 1. The molecular weight excluding hydrogens is 265 g/mol. The van der Waals surface area contributed by atoms with Gasteiger partial charge in [-0.25, -0.2) is 0 Å². The zero-order valence-corrected chi connectivity index (χ0v) is 14.1. The van der Waals surface area contributed by atoms with Crippen molar-refractivity contribution in [3.63, 3.8) is 0 Å². The number of rotatable bonds is 2. The van der Waals surface area contributed by atoms with Crippen LogP contribution in [-0.4, -0.2) is 29.2 Å². The van der Waals surface area contributed by atoms with E-state index in [1.54, 1.807) is 0 Å². The molecule has 2 fully saturated rings. The minimum Gasteiger partial charge on any atom is -0.296 e. The number of nitrogens with one attached hydrogen (secondary N) is 1. The van der Waals surface area contributed by atoms with Crippen LogP contribution in [0.4, 0.5) is 0 Å². The lowest BCUT2D eigenvalue weighted by Crippen LogP contribution is -2.43. The molecule has 2 rings (SSSR count). The SMILES string of the molecule is CC(C)C1NC(P(C)(C)=S)C2(CCCCC2)S1. The van der Waals surface area contributed by atoms with Crippen LogP contribution < -0.4 is 5.32 Å². The quantitative estimate of drug-likeness (QED) is 0.770. The maximum Gasteiger partial charge on any atom is 0.0567 e. The topological polar surface area (TPSA) is 12.0 Å². The van der Waals surface area contributed by atoms with Crippen molar-refractivity contribution in [2.45, 2.75) is 61.9 Å². The van der Waals surface area contributed by atoms with Crippen LogP contribution in [0.1, 0.15) is 46.0 Å². The lowest BCUT2D eigenvalue weighted by molar-refractivity contribution is 0.371. The molecule has 1 saturated carbocycles. The van der Waals surface area contributed by atoms with Crippen LogP contribution in [0.3, 0.4) is 0 Å². The van der Waals surface area contributed by atoms with Gasteiger partial charge < -0.3 is 0 Å². The Hall–Kier alpha value is 0.960. The van der Waals surface area contributed by atoms with Crippen molar-refractivity contribution in [1.82, 2.24) is 5.32 Å². The first kappa shape index (κ1) is 14.4. The molecule has 2 aliphatic rings. The van der Waals surface area contributed by atoms with Crippen LogP contribution in [0.25, 0.3) is 0 Å². The Morgan fingerprint density at radius 3 is 2.29 bits per heavy atom. The summed E-state index contributed by atoms with van der Waals surface area (Å²) in [6.07, 6.45) is 7.02. The smallest absolute Gasteiger partial charge is 0.0567 e. The third-order valence-electron chi connectivity index (χ3n) is 4.11. The molecule has 1 saturated heterocycles. The highest BCUT2D eigenvalue weighted by Crippen LogP contribution is 2.60. The molecule has 0 bridgehead atoms. The number of hydrogen-bond acceptors (Lipinski definition) is 3. The third-order valence-corrected chi connectivity index (χ3v) is 8.85. The van der Waals surface area contributed by atoms with E-state index in [0.717, 1.165) is 0 Å². The highest BCUT2D eigenvalue weighted by Gasteiger charge is 2.51. The van der Waals surface area contributed by atoms with Gasteiger partial charge in [-0.1, -0.05) is 44.9 Å². The first-order valence-electron chi connectivity index (χ1n) is 6.84. The molecule has 1 aliphatic heterocycles. The number of thioether (sulfide) groups is 1. The molecule has 1 N–H and O–H groups in total. The summed E-state index contributed by atoms with van der Waals surface area (Å²) in [6.45, 7) is 9.33. The molecule has 2 atom stereocenters. The molecule has 2 unspecified atom stereocenters. The lowest BCUT2D eigenvalue weighted by Gasteiger charge is -2.40. The Morgan fingerprint density at radius 1 is 1.24 bits per heavy atom. The molecule has 0 aromatic carbocycles. The second kappa shape index (κ2) is 5.15. The van der Waals surface area contributed by atoms with E-state index < -0.39 is 6.04 Å². The standard InChI is InChI=1S/C13H26NPS2/c1-10(2)11-14-12(15(3,4)16)13(17-11)8-6-5-7-9-13/h10-12,14H,5-9H2,1-4H3. The lowest BCUT2D eigenvalue weighted by atomic mass is 9.88. The molecule has 4 heteroatoms. The molecule has 0 aromatic heterocycles. The van der Waals surface area contributed by atoms with Gasteiger partial charge in [-0.3, -0.25) is 5.32 Å². The Balaban J connectivity index is 2.24. The van der Waals surface area contributed by atoms with Crippen molar-refractivity contribution < 1.29 is 0 Å². The summed E-state index contributed by atoms with van der Waals surface area (Å²) in [5.41, 5.74) is 0. The maximum atomic E-state index is 5.87. The predicted octanol–water partition coefficient (Wildman–Crippen LogP) is 4.07. The van der Waals surface area contributed by atoms with E-state index in [-0.39, 0.29) is 0 Å². The Morgan fingerprint density at radius 2 is 1.82 bits per heavy atom. The summed E-state index contributed by atoms with van der Waals surface area (Å²) in [7, 11) is 0. The highest BCUT2D eigenvalue weighted by molar-refractivity contribution is 8.15. The van der Waals surface area contributed by atoms with Crippen LogP contribution in [0.2, 0.25) is 0 Å². The molecule has 100 valence electrons. The summed E-state index contributed by atoms with van der Waals surface area (Å²) in [5.74, 6) is 1.33. The van der Waals surface area contributed by atoms with Crippen LogP contribution in [0.15, 0.2) is 0 Å².